The van der Waals surface area contributed by atoms with Crippen LogP contribution in [0.2, 0.25) is 0 Å². The number of hydrogen-bond acceptors (Lipinski definition) is 4. The van der Waals surface area contributed by atoms with Gasteiger partial charge in [0.25, 0.3) is 5.91 Å². The molecule has 2 aromatic heterocycles. The summed E-state index contributed by atoms with van der Waals surface area (Å²) in [6.45, 7) is 2.47. The van der Waals surface area contributed by atoms with Crippen molar-refractivity contribution in [2.24, 2.45) is 0 Å². The van der Waals surface area contributed by atoms with E-state index in [1.807, 2.05) is 79.9 Å². The van der Waals surface area contributed by atoms with E-state index in [1.165, 1.54) is 0 Å². The van der Waals surface area contributed by atoms with E-state index >= 15 is 0 Å². The quantitative estimate of drug-likeness (QED) is 0.358. The Labute approximate surface area is 186 Å². The first-order chi connectivity index (χ1) is 15.6. The van der Waals surface area contributed by atoms with Crippen LogP contribution in [0.3, 0.4) is 0 Å². The number of carbonyl (C=O) groups excluding carboxylic acids is 1. The highest BCUT2D eigenvalue weighted by atomic mass is 16.1. The Balaban J connectivity index is 1.70. The third kappa shape index (κ3) is 4.79. The minimum Gasteiger partial charge on any atom is -0.321 e. The number of carbonyl (C=O) groups is 1. The molecule has 4 rings (SSSR count). The van der Waals surface area contributed by atoms with Gasteiger partial charge in [-0.25, -0.2) is 0 Å². The van der Waals surface area contributed by atoms with E-state index in [0.29, 0.717) is 23.5 Å². The first kappa shape index (κ1) is 20.8. The summed E-state index contributed by atoms with van der Waals surface area (Å²) in [5.41, 5.74) is 4.83. The summed E-state index contributed by atoms with van der Waals surface area (Å²) < 4.78 is 1.80. The zero-order chi connectivity index (χ0) is 22.3. The number of pyridine rings is 1. The lowest BCUT2D eigenvalue weighted by Crippen LogP contribution is -2.14. The fourth-order valence-electron chi connectivity index (χ4n) is 3.33. The normalized spacial score (nSPS) is 11.1. The minimum atomic E-state index is -0.463. The lowest BCUT2D eigenvalue weighted by atomic mass is 10.1. The smallest absolute Gasteiger partial charge is 0.266 e. The van der Waals surface area contributed by atoms with Gasteiger partial charge in [0, 0.05) is 35.4 Å². The summed E-state index contributed by atoms with van der Waals surface area (Å²) in [4.78, 5) is 17.0. The van der Waals surface area contributed by atoms with Crippen molar-refractivity contribution < 1.29 is 4.79 Å². The molecule has 0 radical (unpaired) electrons. The van der Waals surface area contributed by atoms with Crippen LogP contribution < -0.4 is 5.32 Å². The molecule has 2 aromatic carbocycles. The molecule has 0 fully saturated rings. The van der Waals surface area contributed by atoms with E-state index < -0.39 is 5.91 Å². The molecule has 32 heavy (non-hydrogen) atoms. The van der Waals surface area contributed by atoms with E-state index in [9.17, 15) is 10.1 Å². The monoisotopic (exact) mass is 419 g/mol. The maximum Gasteiger partial charge on any atom is 0.266 e. The van der Waals surface area contributed by atoms with E-state index in [2.05, 4.69) is 10.3 Å². The predicted octanol–water partition coefficient (Wildman–Crippen LogP) is 4.85. The van der Waals surface area contributed by atoms with Crippen molar-refractivity contribution in [1.82, 2.24) is 14.8 Å². The Hall–Kier alpha value is -4.50. The van der Waals surface area contributed by atoms with Crippen LogP contribution in [0.15, 0.2) is 90.9 Å². The average Bonchev–Trinajstić information content (AvgIpc) is 3.22. The number of benzene rings is 2. The number of rotatable bonds is 6. The van der Waals surface area contributed by atoms with Crippen LogP contribution in [0.1, 0.15) is 16.7 Å². The molecule has 6 nitrogen and oxygen atoms in total. The highest BCUT2D eigenvalue weighted by molar-refractivity contribution is 6.10. The number of aromatic nitrogens is 3. The van der Waals surface area contributed by atoms with Crippen LogP contribution in [0.5, 0.6) is 0 Å². The maximum atomic E-state index is 12.8. The molecule has 0 unspecified atom stereocenters. The van der Waals surface area contributed by atoms with Gasteiger partial charge in [0.15, 0.2) is 0 Å². The van der Waals surface area contributed by atoms with Crippen molar-refractivity contribution in [3.8, 4) is 17.3 Å². The second-order valence-corrected chi connectivity index (χ2v) is 7.30. The molecular weight excluding hydrogens is 398 g/mol. The van der Waals surface area contributed by atoms with E-state index in [1.54, 1.807) is 29.2 Å². The van der Waals surface area contributed by atoms with Crippen LogP contribution in [0.25, 0.3) is 17.3 Å². The van der Waals surface area contributed by atoms with Gasteiger partial charge >= 0.3 is 0 Å². The lowest BCUT2D eigenvalue weighted by molar-refractivity contribution is -0.112. The molecular formula is C26H21N5O. The van der Waals surface area contributed by atoms with Crippen molar-refractivity contribution >= 4 is 17.7 Å². The van der Waals surface area contributed by atoms with Crippen molar-refractivity contribution in [3.63, 3.8) is 0 Å². The minimum absolute atomic E-state index is 0.00217. The van der Waals surface area contributed by atoms with E-state index in [0.717, 1.165) is 16.7 Å². The highest BCUT2D eigenvalue weighted by Gasteiger charge is 2.15. The molecule has 6 heteroatoms. The van der Waals surface area contributed by atoms with Crippen molar-refractivity contribution in [2.75, 3.05) is 5.32 Å². The van der Waals surface area contributed by atoms with Crippen LogP contribution >= 0.6 is 0 Å². The largest absolute Gasteiger partial charge is 0.321 e. The fourth-order valence-corrected chi connectivity index (χ4v) is 3.33. The topological polar surface area (TPSA) is 83.6 Å². The molecule has 0 atom stereocenters. The fraction of sp³-hybridized carbons (Fsp3) is 0.0769. The van der Waals surface area contributed by atoms with Crippen molar-refractivity contribution in [1.29, 1.82) is 5.26 Å². The number of aryl methyl sites for hydroxylation is 1. The van der Waals surface area contributed by atoms with Crippen LogP contribution in [-0.2, 0) is 11.3 Å². The molecule has 0 aliphatic carbocycles. The summed E-state index contributed by atoms with van der Waals surface area (Å²) >= 11 is 0. The summed E-state index contributed by atoms with van der Waals surface area (Å²) in [7, 11) is 0. The van der Waals surface area contributed by atoms with Crippen molar-refractivity contribution in [2.45, 2.75) is 13.5 Å². The van der Waals surface area contributed by atoms with Gasteiger partial charge in [-0.15, -0.1) is 0 Å². The number of para-hydroxylation sites is 1. The average molecular weight is 419 g/mol. The van der Waals surface area contributed by atoms with Gasteiger partial charge in [-0.1, -0.05) is 48.5 Å². The predicted molar refractivity (Wildman–Crippen MR) is 124 cm³/mol. The van der Waals surface area contributed by atoms with Gasteiger partial charge in [-0.05, 0) is 42.3 Å². The molecule has 0 saturated heterocycles. The summed E-state index contributed by atoms with van der Waals surface area (Å²) in [5, 5.41) is 17.2. The van der Waals surface area contributed by atoms with Crippen LogP contribution in [0, 0.1) is 18.3 Å². The molecule has 1 amide bonds. The highest BCUT2D eigenvalue weighted by Crippen LogP contribution is 2.24. The molecule has 1 N–H and O–H groups in total. The third-order valence-electron chi connectivity index (χ3n) is 4.97. The van der Waals surface area contributed by atoms with Gasteiger partial charge in [-0.3, -0.25) is 14.5 Å². The number of nitrogens with one attached hydrogen (secondary N) is 1. The second kappa shape index (κ2) is 9.54. The van der Waals surface area contributed by atoms with Crippen LogP contribution in [-0.4, -0.2) is 20.7 Å². The van der Waals surface area contributed by atoms with E-state index in [4.69, 9.17) is 5.10 Å². The molecule has 4 aromatic rings. The first-order valence-electron chi connectivity index (χ1n) is 10.1. The summed E-state index contributed by atoms with van der Waals surface area (Å²) in [6.07, 6.45) is 6.82. The molecule has 0 spiro atoms. The van der Waals surface area contributed by atoms with Gasteiger partial charge in [-0.2, -0.15) is 10.4 Å². The van der Waals surface area contributed by atoms with E-state index in [-0.39, 0.29) is 5.57 Å². The number of anilines is 1. The number of hydrogen-bond donors (Lipinski definition) is 1. The molecule has 0 aliphatic heterocycles. The van der Waals surface area contributed by atoms with Gasteiger partial charge in [0.1, 0.15) is 17.3 Å². The molecule has 0 aliphatic rings. The Morgan fingerprint density at radius 1 is 1.09 bits per heavy atom. The zero-order valence-corrected chi connectivity index (χ0v) is 17.6. The standard InChI is InChI=1S/C26H21N5O/c1-19-8-5-6-12-24(19)29-26(32)22(15-27)14-23-18-31(17-20-9-3-2-4-10-20)30-25(23)21-11-7-13-28-16-21/h2-14,16,18H,17H2,1H3,(H,29,32)/b22-14+. The van der Waals surface area contributed by atoms with Crippen molar-refractivity contribution in [3.05, 3.63) is 108 Å². The second-order valence-electron chi connectivity index (χ2n) is 7.30. The Morgan fingerprint density at radius 3 is 2.59 bits per heavy atom. The lowest BCUT2D eigenvalue weighted by Gasteiger charge is -2.07. The zero-order valence-electron chi connectivity index (χ0n) is 17.6. The first-order valence-corrected chi connectivity index (χ1v) is 10.1. The summed E-state index contributed by atoms with van der Waals surface area (Å²) in [5.74, 6) is -0.463. The van der Waals surface area contributed by atoms with Gasteiger partial charge < -0.3 is 5.32 Å². The molecule has 156 valence electrons. The Kier molecular flexibility index (Phi) is 6.19. The number of nitrogens with zero attached hydrogens (tertiary/aromatic N) is 4. The third-order valence-corrected chi connectivity index (χ3v) is 4.97. The Morgan fingerprint density at radius 2 is 1.88 bits per heavy atom. The molecule has 0 saturated carbocycles. The maximum absolute atomic E-state index is 12.8. The number of nitriles is 1. The molecule has 2 heterocycles. The van der Waals surface area contributed by atoms with Gasteiger partial charge in [0.2, 0.25) is 0 Å². The number of amides is 1. The molecule has 0 bridgehead atoms. The van der Waals surface area contributed by atoms with Crippen LogP contribution in [0.4, 0.5) is 5.69 Å². The van der Waals surface area contributed by atoms with Gasteiger partial charge in [0.05, 0.1) is 6.54 Å². The Bertz CT molecular complexity index is 1300. The summed E-state index contributed by atoms with van der Waals surface area (Å²) in [6, 6.07) is 23.2. The SMILES string of the molecule is Cc1ccccc1NC(=O)/C(C#N)=C/c1cn(Cc2ccccc2)nc1-c1cccnc1.